The number of benzene rings is 1. The number of fused-ring (bicyclic) bond motifs is 1. The van der Waals surface area contributed by atoms with Crippen LogP contribution in [-0.4, -0.2) is 14.5 Å². The number of rotatable bonds is 2. The van der Waals surface area contributed by atoms with Crippen molar-refractivity contribution < 1.29 is 4.39 Å². The highest BCUT2D eigenvalue weighted by atomic mass is 19.1. The molecule has 5 heteroatoms. The fraction of sp³-hybridized carbons (Fsp3) is 0.111. The summed E-state index contributed by atoms with van der Waals surface area (Å²) in [5, 5.41) is 0. The smallest absolute Gasteiger partial charge is 0.151 e. The molecular formula is C18H15FN4. The van der Waals surface area contributed by atoms with Crippen molar-refractivity contribution in [2.24, 2.45) is 0 Å². The van der Waals surface area contributed by atoms with E-state index in [1.807, 2.05) is 16.8 Å². The summed E-state index contributed by atoms with van der Waals surface area (Å²) in [6, 6.07) is 6.42. The van der Waals surface area contributed by atoms with Gasteiger partial charge in [0.15, 0.2) is 5.82 Å². The molecule has 0 aliphatic heterocycles. The van der Waals surface area contributed by atoms with Crippen LogP contribution in [0.15, 0.2) is 55.0 Å². The average molecular weight is 306 g/mol. The van der Waals surface area contributed by atoms with Crippen LogP contribution >= 0.6 is 0 Å². The molecule has 0 atom stereocenters. The zero-order valence-electron chi connectivity index (χ0n) is 12.4. The number of allylic oxidation sites excluding steroid dienone is 4. The minimum absolute atomic E-state index is 0.291. The topological polar surface area (TPSA) is 56.7 Å². The maximum absolute atomic E-state index is 13.6. The Kier molecular flexibility index (Phi) is 3.19. The summed E-state index contributed by atoms with van der Waals surface area (Å²) in [6.45, 7) is 0. The van der Waals surface area contributed by atoms with Crippen LogP contribution in [0.5, 0.6) is 0 Å². The molecule has 0 saturated carbocycles. The summed E-state index contributed by atoms with van der Waals surface area (Å²) in [6.07, 6.45) is 11.7. The number of hydrogen-bond acceptors (Lipinski definition) is 3. The van der Waals surface area contributed by atoms with Gasteiger partial charge in [-0.2, -0.15) is 0 Å². The van der Waals surface area contributed by atoms with Crippen molar-refractivity contribution in [2.75, 3.05) is 5.73 Å². The third-order valence-electron chi connectivity index (χ3n) is 4.05. The predicted octanol–water partition coefficient (Wildman–Crippen LogP) is 3.88. The Morgan fingerprint density at radius 1 is 1.22 bits per heavy atom. The fourth-order valence-electron chi connectivity index (χ4n) is 2.97. The second-order valence-electron chi connectivity index (χ2n) is 5.51. The third kappa shape index (κ3) is 2.30. The van der Waals surface area contributed by atoms with Crippen LogP contribution < -0.4 is 5.73 Å². The molecule has 3 aromatic rings. The lowest BCUT2D eigenvalue weighted by atomic mass is 9.99. The van der Waals surface area contributed by atoms with Gasteiger partial charge in [0, 0.05) is 17.4 Å². The van der Waals surface area contributed by atoms with E-state index in [1.54, 1.807) is 6.07 Å². The molecule has 4 nitrogen and oxygen atoms in total. The van der Waals surface area contributed by atoms with E-state index in [4.69, 9.17) is 5.73 Å². The maximum atomic E-state index is 13.6. The molecule has 0 spiro atoms. The van der Waals surface area contributed by atoms with Crippen molar-refractivity contribution in [3.05, 3.63) is 66.4 Å². The van der Waals surface area contributed by atoms with Crippen molar-refractivity contribution in [1.82, 2.24) is 14.5 Å². The molecule has 0 unspecified atom stereocenters. The van der Waals surface area contributed by atoms with Crippen molar-refractivity contribution in [1.29, 1.82) is 0 Å². The van der Waals surface area contributed by atoms with E-state index < -0.39 is 0 Å². The van der Waals surface area contributed by atoms with E-state index in [0.717, 1.165) is 23.9 Å². The molecule has 0 amide bonds. The Morgan fingerprint density at radius 2 is 2.13 bits per heavy atom. The fourth-order valence-corrected chi connectivity index (χ4v) is 2.97. The lowest BCUT2D eigenvalue weighted by Crippen LogP contribution is -1.99. The molecule has 1 aliphatic carbocycles. The van der Waals surface area contributed by atoms with Gasteiger partial charge in [0.25, 0.3) is 0 Å². The Morgan fingerprint density at radius 3 is 2.91 bits per heavy atom. The predicted molar refractivity (Wildman–Crippen MR) is 89.6 cm³/mol. The molecule has 0 fully saturated rings. The van der Waals surface area contributed by atoms with Gasteiger partial charge in [-0.25, -0.2) is 14.4 Å². The average Bonchev–Trinajstić information content (AvgIpc) is 2.97. The SMILES string of the molecule is Nc1ncnc2c(C3=CC=CCC3)cn(-c3cccc(F)c3)c12. The highest BCUT2D eigenvalue weighted by Crippen LogP contribution is 2.33. The molecule has 1 aliphatic rings. The van der Waals surface area contributed by atoms with Gasteiger partial charge >= 0.3 is 0 Å². The summed E-state index contributed by atoms with van der Waals surface area (Å²) in [7, 11) is 0. The highest BCUT2D eigenvalue weighted by molar-refractivity contribution is 5.96. The molecule has 1 aromatic carbocycles. The molecule has 2 N–H and O–H groups in total. The van der Waals surface area contributed by atoms with Crippen molar-refractivity contribution in [3.63, 3.8) is 0 Å². The normalized spacial score (nSPS) is 14.2. The van der Waals surface area contributed by atoms with E-state index in [9.17, 15) is 4.39 Å². The van der Waals surface area contributed by atoms with E-state index in [1.165, 1.54) is 24.0 Å². The lowest BCUT2D eigenvalue weighted by molar-refractivity contribution is 0.627. The first-order chi connectivity index (χ1) is 11.2. The Hall–Kier alpha value is -2.95. The van der Waals surface area contributed by atoms with Crippen LogP contribution in [-0.2, 0) is 0 Å². The standard InChI is InChI=1S/C18H15FN4/c19-13-7-4-8-14(9-13)23-10-15(12-5-2-1-3-6-12)16-17(23)18(20)22-11-21-16/h1-2,4-5,7-11H,3,6H2,(H2,20,21,22). The number of aromatic nitrogens is 3. The molecule has 0 saturated heterocycles. The molecule has 23 heavy (non-hydrogen) atoms. The van der Waals surface area contributed by atoms with E-state index in [2.05, 4.69) is 28.2 Å². The van der Waals surface area contributed by atoms with Crippen LogP contribution in [0.4, 0.5) is 10.2 Å². The number of anilines is 1. The van der Waals surface area contributed by atoms with E-state index in [0.29, 0.717) is 17.0 Å². The van der Waals surface area contributed by atoms with Crippen molar-refractivity contribution in [2.45, 2.75) is 12.8 Å². The van der Waals surface area contributed by atoms with Gasteiger partial charge < -0.3 is 10.3 Å². The second-order valence-corrected chi connectivity index (χ2v) is 5.51. The van der Waals surface area contributed by atoms with Gasteiger partial charge in [-0.3, -0.25) is 0 Å². The van der Waals surface area contributed by atoms with Gasteiger partial charge in [-0.1, -0.05) is 24.3 Å². The van der Waals surface area contributed by atoms with Gasteiger partial charge in [0.1, 0.15) is 23.2 Å². The number of nitrogens with two attached hydrogens (primary N) is 1. The summed E-state index contributed by atoms with van der Waals surface area (Å²) in [4.78, 5) is 8.51. The largest absolute Gasteiger partial charge is 0.382 e. The van der Waals surface area contributed by atoms with Crippen LogP contribution in [0.2, 0.25) is 0 Å². The van der Waals surface area contributed by atoms with Crippen LogP contribution in [0.3, 0.4) is 0 Å². The Balaban J connectivity index is 2.01. The zero-order chi connectivity index (χ0) is 15.8. The number of hydrogen-bond donors (Lipinski definition) is 1. The summed E-state index contributed by atoms with van der Waals surface area (Å²) in [5.41, 5.74) is 10.5. The van der Waals surface area contributed by atoms with E-state index in [-0.39, 0.29) is 5.82 Å². The zero-order valence-corrected chi connectivity index (χ0v) is 12.4. The molecule has 0 radical (unpaired) electrons. The minimum Gasteiger partial charge on any atom is -0.382 e. The maximum Gasteiger partial charge on any atom is 0.151 e. The first-order valence-corrected chi connectivity index (χ1v) is 7.47. The molecule has 2 heterocycles. The molecule has 114 valence electrons. The Bertz CT molecular complexity index is 953. The molecule has 4 rings (SSSR count). The summed E-state index contributed by atoms with van der Waals surface area (Å²) < 4.78 is 15.5. The quantitative estimate of drug-likeness (QED) is 0.782. The van der Waals surface area contributed by atoms with Gasteiger partial charge in [0.2, 0.25) is 0 Å². The number of nitrogen functional groups attached to an aromatic ring is 1. The van der Waals surface area contributed by atoms with Gasteiger partial charge in [-0.05, 0) is 36.6 Å². The van der Waals surface area contributed by atoms with Crippen LogP contribution in [0, 0.1) is 5.82 Å². The van der Waals surface area contributed by atoms with Crippen molar-refractivity contribution >= 4 is 22.4 Å². The van der Waals surface area contributed by atoms with Crippen LogP contribution in [0.1, 0.15) is 18.4 Å². The lowest BCUT2D eigenvalue weighted by Gasteiger charge is -2.07. The highest BCUT2D eigenvalue weighted by Gasteiger charge is 2.17. The number of halogens is 1. The van der Waals surface area contributed by atoms with Gasteiger partial charge in [0.05, 0.1) is 0 Å². The Labute approximate surface area is 132 Å². The number of nitrogens with zero attached hydrogens (tertiary/aromatic N) is 3. The summed E-state index contributed by atoms with van der Waals surface area (Å²) in [5.74, 6) is 0.0959. The summed E-state index contributed by atoms with van der Waals surface area (Å²) >= 11 is 0. The second kappa shape index (κ2) is 5.35. The first-order valence-electron chi connectivity index (χ1n) is 7.47. The van der Waals surface area contributed by atoms with Crippen molar-refractivity contribution in [3.8, 4) is 5.69 Å². The first kappa shape index (κ1) is 13.7. The van der Waals surface area contributed by atoms with Gasteiger partial charge in [-0.15, -0.1) is 0 Å². The molecular weight excluding hydrogens is 291 g/mol. The van der Waals surface area contributed by atoms with Crippen LogP contribution in [0.25, 0.3) is 22.3 Å². The third-order valence-corrected chi connectivity index (χ3v) is 4.05. The molecule has 0 bridgehead atoms. The van der Waals surface area contributed by atoms with E-state index >= 15 is 0 Å². The minimum atomic E-state index is -0.291. The monoisotopic (exact) mass is 306 g/mol. The molecule has 2 aromatic heterocycles.